The Morgan fingerprint density at radius 1 is 1.22 bits per heavy atom. The molecule has 0 bridgehead atoms. The maximum atomic E-state index is 12.5. The molecule has 0 fully saturated rings. The maximum Gasteiger partial charge on any atom is 0.339 e. The standard InChI is InChI=1S/C18H13Cl2N3O4/c1-9(17(25)23-16-13(20)6-10(19)8-21-16)27-18(26)12-7-15(24)22-14-5-3-2-4-11(12)14/h2-9H,1H3,(H,22,24)(H,21,23,25). The third-order valence-corrected chi connectivity index (χ3v) is 4.17. The molecule has 0 saturated carbocycles. The number of benzene rings is 1. The second kappa shape index (κ2) is 7.77. The molecular weight excluding hydrogens is 393 g/mol. The zero-order valence-corrected chi connectivity index (χ0v) is 15.5. The molecule has 1 amide bonds. The van der Waals surface area contributed by atoms with Crippen molar-refractivity contribution in [1.82, 2.24) is 9.97 Å². The summed E-state index contributed by atoms with van der Waals surface area (Å²) in [6.07, 6.45) is 0.173. The highest BCUT2D eigenvalue weighted by Gasteiger charge is 2.22. The van der Waals surface area contributed by atoms with E-state index in [1.54, 1.807) is 24.3 Å². The van der Waals surface area contributed by atoms with Crippen molar-refractivity contribution in [3.63, 3.8) is 0 Å². The number of carbonyl (C=O) groups is 2. The number of anilines is 1. The Labute approximate surface area is 163 Å². The van der Waals surface area contributed by atoms with Crippen LogP contribution in [0.25, 0.3) is 10.9 Å². The van der Waals surface area contributed by atoms with Crippen molar-refractivity contribution in [1.29, 1.82) is 0 Å². The fourth-order valence-electron chi connectivity index (χ4n) is 2.38. The van der Waals surface area contributed by atoms with Crippen LogP contribution in [0, 0.1) is 0 Å². The molecule has 0 spiro atoms. The molecule has 0 aliphatic rings. The Morgan fingerprint density at radius 2 is 1.96 bits per heavy atom. The summed E-state index contributed by atoms with van der Waals surface area (Å²) in [5.41, 5.74) is 0.109. The minimum absolute atomic E-state index is 0.0663. The minimum atomic E-state index is -1.15. The highest BCUT2D eigenvalue weighted by atomic mass is 35.5. The molecule has 2 N–H and O–H groups in total. The van der Waals surface area contributed by atoms with Crippen molar-refractivity contribution >= 4 is 51.8 Å². The zero-order valence-electron chi connectivity index (χ0n) is 14.0. The van der Waals surface area contributed by atoms with E-state index < -0.39 is 23.5 Å². The lowest BCUT2D eigenvalue weighted by Gasteiger charge is -2.14. The molecule has 1 unspecified atom stereocenters. The highest BCUT2D eigenvalue weighted by Crippen LogP contribution is 2.23. The Morgan fingerprint density at radius 3 is 2.70 bits per heavy atom. The summed E-state index contributed by atoms with van der Waals surface area (Å²) in [5, 5.41) is 3.43. The zero-order chi connectivity index (χ0) is 19.6. The number of nitrogens with zero attached hydrogens (tertiary/aromatic N) is 1. The molecule has 9 heteroatoms. The van der Waals surface area contributed by atoms with Gasteiger partial charge in [0.1, 0.15) is 0 Å². The van der Waals surface area contributed by atoms with Gasteiger partial charge in [-0.1, -0.05) is 41.4 Å². The molecule has 1 aromatic carbocycles. The number of para-hydroxylation sites is 1. The first-order valence-corrected chi connectivity index (χ1v) is 8.55. The van der Waals surface area contributed by atoms with Crippen LogP contribution in [0.3, 0.4) is 0 Å². The number of ether oxygens (including phenoxy) is 1. The summed E-state index contributed by atoms with van der Waals surface area (Å²) in [4.78, 5) is 43.0. The summed E-state index contributed by atoms with van der Waals surface area (Å²) >= 11 is 11.7. The van der Waals surface area contributed by atoms with Gasteiger partial charge in [-0.05, 0) is 19.1 Å². The van der Waals surface area contributed by atoms with Crippen LogP contribution >= 0.6 is 23.2 Å². The van der Waals surface area contributed by atoms with E-state index in [9.17, 15) is 14.4 Å². The van der Waals surface area contributed by atoms with E-state index in [1.807, 2.05) is 0 Å². The lowest BCUT2D eigenvalue weighted by molar-refractivity contribution is -0.123. The molecule has 138 valence electrons. The van der Waals surface area contributed by atoms with Gasteiger partial charge in [-0.15, -0.1) is 0 Å². The van der Waals surface area contributed by atoms with E-state index in [2.05, 4.69) is 15.3 Å². The van der Waals surface area contributed by atoms with Gasteiger partial charge in [-0.2, -0.15) is 0 Å². The number of carbonyl (C=O) groups excluding carboxylic acids is 2. The predicted molar refractivity (Wildman–Crippen MR) is 102 cm³/mol. The van der Waals surface area contributed by atoms with Gasteiger partial charge in [0.15, 0.2) is 11.9 Å². The Bertz CT molecular complexity index is 1100. The van der Waals surface area contributed by atoms with E-state index in [0.717, 1.165) is 6.07 Å². The fourth-order valence-corrected chi connectivity index (χ4v) is 2.80. The molecule has 7 nitrogen and oxygen atoms in total. The molecule has 27 heavy (non-hydrogen) atoms. The van der Waals surface area contributed by atoms with E-state index >= 15 is 0 Å². The maximum absolute atomic E-state index is 12.5. The third-order valence-electron chi connectivity index (χ3n) is 3.67. The van der Waals surface area contributed by atoms with Gasteiger partial charge in [-0.3, -0.25) is 9.59 Å². The number of fused-ring (bicyclic) bond motifs is 1. The fraction of sp³-hybridized carbons (Fsp3) is 0.111. The van der Waals surface area contributed by atoms with Crippen LogP contribution in [-0.4, -0.2) is 27.9 Å². The van der Waals surface area contributed by atoms with Gasteiger partial charge >= 0.3 is 5.97 Å². The first-order valence-electron chi connectivity index (χ1n) is 7.80. The summed E-state index contributed by atoms with van der Waals surface area (Å²) < 4.78 is 5.20. The molecular formula is C18H13Cl2N3O4. The number of rotatable bonds is 4. The molecule has 3 aromatic rings. The van der Waals surface area contributed by atoms with Crippen molar-refractivity contribution in [2.45, 2.75) is 13.0 Å². The second-order valence-corrected chi connectivity index (χ2v) is 6.46. The number of esters is 1. The number of H-pyrrole nitrogens is 1. The van der Waals surface area contributed by atoms with Crippen molar-refractivity contribution in [3.05, 3.63) is 68.6 Å². The van der Waals surface area contributed by atoms with Gasteiger partial charge < -0.3 is 15.0 Å². The molecule has 2 heterocycles. The predicted octanol–water partition coefficient (Wildman–Crippen LogP) is 3.41. The summed E-state index contributed by atoms with van der Waals surface area (Å²) in [6, 6.07) is 9.34. The molecule has 2 aromatic heterocycles. The summed E-state index contributed by atoms with van der Waals surface area (Å²) in [7, 11) is 0. The number of halogens is 2. The third kappa shape index (κ3) is 4.27. The number of hydrogen-bond donors (Lipinski definition) is 2. The number of nitrogens with one attached hydrogen (secondary N) is 2. The normalized spacial score (nSPS) is 11.8. The summed E-state index contributed by atoms with van der Waals surface area (Å²) in [6.45, 7) is 1.40. The highest BCUT2D eigenvalue weighted by molar-refractivity contribution is 6.36. The topological polar surface area (TPSA) is 101 Å². The lowest BCUT2D eigenvalue weighted by Crippen LogP contribution is -2.30. The lowest BCUT2D eigenvalue weighted by atomic mass is 10.1. The van der Waals surface area contributed by atoms with Crippen molar-refractivity contribution in [3.8, 4) is 0 Å². The number of aromatic nitrogens is 2. The van der Waals surface area contributed by atoms with Crippen LogP contribution in [0.4, 0.5) is 5.82 Å². The smallest absolute Gasteiger partial charge is 0.339 e. The SMILES string of the molecule is CC(OC(=O)c1cc(=O)[nH]c2ccccc12)C(=O)Nc1ncc(Cl)cc1Cl. The second-order valence-electron chi connectivity index (χ2n) is 5.61. The first kappa shape index (κ1) is 18.9. The van der Waals surface area contributed by atoms with Crippen LogP contribution in [0.1, 0.15) is 17.3 Å². The van der Waals surface area contributed by atoms with Gasteiger partial charge in [0, 0.05) is 23.2 Å². The molecule has 1 atom stereocenters. The Kier molecular flexibility index (Phi) is 5.43. The Hall–Kier alpha value is -2.90. The number of amides is 1. The van der Waals surface area contributed by atoms with Crippen LogP contribution < -0.4 is 10.9 Å². The number of pyridine rings is 2. The van der Waals surface area contributed by atoms with E-state index in [0.29, 0.717) is 15.9 Å². The van der Waals surface area contributed by atoms with E-state index in [1.165, 1.54) is 19.2 Å². The Balaban J connectivity index is 1.78. The van der Waals surface area contributed by atoms with Crippen molar-refractivity contribution in [2.24, 2.45) is 0 Å². The van der Waals surface area contributed by atoms with Crippen LogP contribution in [0.15, 0.2) is 47.4 Å². The van der Waals surface area contributed by atoms with Gasteiger partial charge in [0.25, 0.3) is 5.91 Å². The largest absolute Gasteiger partial charge is 0.449 e. The van der Waals surface area contributed by atoms with Crippen LogP contribution in [-0.2, 0) is 9.53 Å². The monoisotopic (exact) mass is 405 g/mol. The molecule has 3 rings (SSSR count). The summed E-state index contributed by atoms with van der Waals surface area (Å²) in [5.74, 6) is -1.33. The van der Waals surface area contributed by atoms with Gasteiger partial charge in [-0.25, -0.2) is 9.78 Å². The van der Waals surface area contributed by atoms with Gasteiger partial charge in [0.2, 0.25) is 5.56 Å². The van der Waals surface area contributed by atoms with Crippen LogP contribution in [0.2, 0.25) is 10.0 Å². The van der Waals surface area contributed by atoms with Crippen LogP contribution in [0.5, 0.6) is 0 Å². The van der Waals surface area contributed by atoms with Gasteiger partial charge in [0.05, 0.1) is 15.6 Å². The van der Waals surface area contributed by atoms with E-state index in [4.69, 9.17) is 27.9 Å². The molecule has 0 aliphatic carbocycles. The quantitative estimate of drug-likeness (QED) is 0.647. The van der Waals surface area contributed by atoms with Crippen molar-refractivity contribution < 1.29 is 14.3 Å². The average molecular weight is 406 g/mol. The van der Waals surface area contributed by atoms with Crippen molar-refractivity contribution in [2.75, 3.05) is 5.32 Å². The molecule has 0 radical (unpaired) electrons. The molecule has 0 aliphatic heterocycles. The number of hydrogen-bond acceptors (Lipinski definition) is 5. The molecule has 0 saturated heterocycles. The first-order chi connectivity index (χ1) is 12.8. The average Bonchev–Trinajstić information content (AvgIpc) is 2.63. The minimum Gasteiger partial charge on any atom is -0.449 e. The van der Waals surface area contributed by atoms with E-state index in [-0.39, 0.29) is 16.4 Å². The number of aromatic amines is 1.